The van der Waals surface area contributed by atoms with Crippen LogP contribution in [0.1, 0.15) is 36.6 Å². The molecule has 3 aromatic rings. The van der Waals surface area contributed by atoms with Gasteiger partial charge in [-0.05, 0) is 87.3 Å². The first-order chi connectivity index (χ1) is 21.6. The summed E-state index contributed by atoms with van der Waals surface area (Å²) in [7, 11) is 0. The molecule has 0 radical (unpaired) electrons. The topological polar surface area (TPSA) is 153 Å². The molecule has 0 saturated carbocycles. The van der Waals surface area contributed by atoms with E-state index in [0.29, 0.717) is 53.5 Å². The van der Waals surface area contributed by atoms with Crippen LogP contribution in [0.15, 0.2) is 86.0 Å². The largest absolute Gasteiger partial charge is 0.487 e. The van der Waals surface area contributed by atoms with Crippen molar-refractivity contribution in [3.8, 4) is 11.5 Å². The first-order valence-corrected chi connectivity index (χ1v) is 15.4. The molecule has 12 nitrogen and oxygen atoms in total. The fourth-order valence-electron chi connectivity index (χ4n) is 4.32. The zero-order valence-corrected chi connectivity index (χ0v) is 28.0. The number of rotatable bonds is 12. The zero-order chi connectivity index (χ0) is 32.5. The van der Waals surface area contributed by atoms with Crippen molar-refractivity contribution < 1.29 is 28.7 Å². The lowest BCUT2D eigenvalue weighted by Crippen LogP contribution is -2.45. The molecular formula is C30H27Br2N5O7S. The Labute approximate surface area is 280 Å². The number of ether oxygens (including phenoxy) is 3. The lowest BCUT2D eigenvalue weighted by Gasteiger charge is -2.30. The number of non-ortho nitro benzene ring substituents is 1. The van der Waals surface area contributed by atoms with Crippen molar-refractivity contribution in [1.29, 1.82) is 0 Å². The van der Waals surface area contributed by atoms with Gasteiger partial charge in [-0.25, -0.2) is 10.2 Å². The fraction of sp³-hybridized carbons (Fsp3) is 0.200. The molecule has 0 aromatic heterocycles. The van der Waals surface area contributed by atoms with E-state index in [-0.39, 0.29) is 25.5 Å². The first kappa shape index (κ1) is 33.6. The molecule has 1 aliphatic rings. The minimum atomic E-state index is -0.648. The lowest BCUT2D eigenvalue weighted by atomic mass is 9.95. The van der Waals surface area contributed by atoms with Crippen molar-refractivity contribution in [2.45, 2.75) is 26.5 Å². The number of hydrazone groups is 1. The third kappa shape index (κ3) is 8.86. The normalized spacial score (nSPS) is 14.4. The van der Waals surface area contributed by atoms with E-state index < -0.39 is 22.8 Å². The zero-order valence-electron chi connectivity index (χ0n) is 24.0. The Kier molecular flexibility index (Phi) is 11.6. The molecule has 45 heavy (non-hydrogen) atoms. The third-order valence-electron chi connectivity index (χ3n) is 6.28. The van der Waals surface area contributed by atoms with Gasteiger partial charge in [0.25, 0.3) is 11.6 Å². The van der Waals surface area contributed by atoms with E-state index in [1.165, 1.54) is 18.3 Å². The number of para-hydroxylation sites is 1. The van der Waals surface area contributed by atoms with Crippen molar-refractivity contribution in [2.24, 2.45) is 5.10 Å². The lowest BCUT2D eigenvalue weighted by molar-refractivity contribution is -0.384. The standard InChI is InChI=1S/C30H27Br2N5O7S/c1-3-42-29(39)26-17(2)34-30(45)35-27(26)21-9-4-5-10-24(21)43-16-25(38)36-33-14-19-12-22(31)28(23(32)13-19)44-15-18-7-6-8-20(11-18)37(40)41/h4-14,27H,3,15-16H2,1-2H3,(H,36,38)(H2,34,35,45)/t27-/m0/s1. The van der Waals surface area contributed by atoms with Gasteiger partial charge >= 0.3 is 5.97 Å². The molecule has 0 bridgehead atoms. The molecule has 0 fully saturated rings. The van der Waals surface area contributed by atoms with Gasteiger partial charge in [-0.15, -0.1) is 0 Å². The number of hydrogen-bond donors (Lipinski definition) is 3. The Hall–Kier alpha value is -4.34. The maximum absolute atomic E-state index is 12.7. The average molecular weight is 761 g/mol. The summed E-state index contributed by atoms with van der Waals surface area (Å²) in [5.41, 5.74) is 5.21. The summed E-state index contributed by atoms with van der Waals surface area (Å²) >= 11 is 12.2. The smallest absolute Gasteiger partial charge is 0.338 e. The second-order valence-electron chi connectivity index (χ2n) is 9.44. The molecule has 3 N–H and O–H groups in total. The van der Waals surface area contributed by atoms with E-state index in [1.807, 2.05) is 0 Å². The van der Waals surface area contributed by atoms with Crippen LogP contribution in [0, 0.1) is 10.1 Å². The SMILES string of the molecule is CCOC(=O)C1=C(C)NC(=S)N[C@H]1c1ccccc1OCC(=O)NN=Cc1cc(Br)c(OCc2cccc([N+](=O)[O-])c2)c(Br)c1. The molecule has 1 aliphatic heterocycles. The highest BCUT2D eigenvalue weighted by Gasteiger charge is 2.32. The van der Waals surface area contributed by atoms with Crippen molar-refractivity contribution in [3.05, 3.63) is 108 Å². The molecule has 4 rings (SSSR count). The number of carbonyl (C=O) groups excluding carboxylic acids is 2. The van der Waals surface area contributed by atoms with Crippen molar-refractivity contribution in [2.75, 3.05) is 13.2 Å². The van der Waals surface area contributed by atoms with E-state index in [1.54, 1.807) is 62.4 Å². The van der Waals surface area contributed by atoms with Crippen LogP contribution in [0.3, 0.4) is 0 Å². The van der Waals surface area contributed by atoms with Gasteiger partial charge in [-0.2, -0.15) is 5.10 Å². The van der Waals surface area contributed by atoms with Gasteiger partial charge in [0.05, 0.1) is 38.3 Å². The van der Waals surface area contributed by atoms with Gasteiger partial charge < -0.3 is 24.8 Å². The predicted molar refractivity (Wildman–Crippen MR) is 178 cm³/mol. The van der Waals surface area contributed by atoms with Crippen LogP contribution in [-0.2, 0) is 20.9 Å². The molecule has 3 aromatic carbocycles. The van der Waals surface area contributed by atoms with Crippen molar-refractivity contribution in [1.82, 2.24) is 16.1 Å². The molecule has 0 saturated heterocycles. The number of thiocarbonyl (C=S) groups is 1. The number of carbonyl (C=O) groups is 2. The molecule has 0 aliphatic carbocycles. The van der Waals surface area contributed by atoms with Crippen LogP contribution in [0.2, 0.25) is 0 Å². The Balaban J connectivity index is 1.37. The van der Waals surface area contributed by atoms with E-state index in [2.05, 4.69) is 53.0 Å². The molecular weight excluding hydrogens is 734 g/mol. The second-order valence-corrected chi connectivity index (χ2v) is 11.6. The number of nitro groups is 1. The van der Waals surface area contributed by atoms with Gasteiger partial charge in [-0.3, -0.25) is 14.9 Å². The first-order valence-electron chi connectivity index (χ1n) is 13.4. The Morgan fingerprint density at radius 1 is 1.11 bits per heavy atom. The monoisotopic (exact) mass is 759 g/mol. The summed E-state index contributed by atoms with van der Waals surface area (Å²) in [5, 5.41) is 21.4. The molecule has 0 unspecified atom stereocenters. The van der Waals surface area contributed by atoms with Crippen LogP contribution in [0.25, 0.3) is 0 Å². The van der Waals surface area contributed by atoms with Crippen LogP contribution in [-0.4, -0.2) is 41.3 Å². The number of hydrogen-bond acceptors (Lipinski definition) is 9. The third-order valence-corrected chi connectivity index (χ3v) is 7.68. The molecule has 234 valence electrons. The van der Waals surface area contributed by atoms with Crippen LogP contribution < -0.4 is 25.5 Å². The van der Waals surface area contributed by atoms with Crippen LogP contribution in [0.4, 0.5) is 5.69 Å². The molecule has 1 atom stereocenters. The van der Waals surface area contributed by atoms with Gasteiger partial charge in [0.1, 0.15) is 18.1 Å². The number of nitro benzene ring substituents is 1. The summed E-state index contributed by atoms with van der Waals surface area (Å²) in [6, 6.07) is 16.0. The van der Waals surface area contributed by atoms with Crippen molar-refractivity contribution >= 4 is 73.0 Å². The summed E-state index contributed by atoms with van der Waals surface area (Å²) in [6.45, 7) is 3.44. The van der Waals surface area contributed by atoms with Gasteiger partial charge in [0.15, 0.2) is 11.7 Å². The highest BCUT2D eigenvalue weighted by atomic mass is 79.9. The quantitative estimate of drug-likeness (QED) is 0.0701. The maximum atomic E-state index is 12.7. The van der Waals surface area contributed by atoms with Crippen molar-refractivity contribution in [3.63, 3.8) is 0 Å². The van der Waals surface area contributed by atoms with Gasteiger partial charge in [0.2, 0.25) is 0 Å². The predicted octanol–water partition coefficient (Wildman–Crippen LogP) is 5.58. The van der Waals surface area contributed by atoms with E-state index in [9.17, 15) is 19.7 Å². The van der Waals surface area contributed by atoms with E-state index in [0.717, 1.165) is 0 Å². The van der Waals surface area contributed by atoms with E-state index >= 15 is 0 Å². The molecule has 15 heteroatoms. The Bertz CT molecular complexity index is 1680. The molecule has 0 spiro atoms. The average Bonchev–Trinajstić information content (AvgIpc) is 2.99. The van der Waals surface area contributed by atoms with Crippen LogP contribution in [0.5, 0.6) is 11.5 Å². The summed E-state index contributed by atoms with van der Waals surface area (Å²) in [4.78, 5) is 35.9. The molecule has 1 amide bonds. The number of halogens is 2. The number of allylic oxidation sites excluding steroid dienone is 1. The highest BCUT2D eigenvalue weighted by Crippen LogP contribution is 2.36. The van der Waals surface area contributed by atoms with E-state index in [4.69, 9.17) is 26.4 Å². The Morgan fingerprint density at radius 3 is 2.56 bits per heavy atom. The summed E-state index contributed by atoms with van der Waals surface area (Å²) < 4.78 is 18.1. The van der Waals surface area contributed by atoms with Gasteiger partial charge in [0, 0.05) is 23.4 Å². The fourth-order valence-corrected chi connectivity index (χ4v) is 6.04. The number of esters is 1. The minimum Gasteiger partial charge on any atom is -0.487 e. The summed E-state index contributed by atoms with van der Waals surface area (Å²) in [6.07, 6.45) is 1.45. The second kappa shape index (κ2) is 15.6. The minimum absolute atomic E-state index is 0.0174. The Morgan fingerprint density at radius 2 is 1.84 bits per heavy atom. The summed E-state index contributed by atoms with van der Waals surface area (Å²) in [5.74, 6) is -0.135. The number of nitrogens with zero attached hydrogens (tertiary/aromatic N) is 2. The van der Waals surface area contributed by atoms with Gasteiger partial charge in [-0.1, -0.05) is 30.3 Å². The number of nitrogens with one attached hydrogen (secondary N) is 3. The number of amides is 1. The van der Waals surface area contributed by atoms with Crippen LogP contribution >= 0.6 is 44.1 Å². The molecule has 1 heterocycles. The highest BCUT2D eigenvalue weighted by molar-refractivity contribution is 9.11. The number of benzene rings is 3. The maximum Gasteiger partial charge on any atom is 0.338 e.